The Morgan fingerprint density at radius 2 is 2.13 bits per heavy atom. The van der Waals surface area contributed by atoms with Gasteiger partial charge in [0.15, 0.2) is 17.4 Å². The number of hydrogen-bond acceptors (Lipinski definition) is 4. The molecule has 7 heteroatoms. The van der Waals surface area contributed by atoms with Gasteiger partial charge in [-0.2, -0.15) is 0 Å². The van der Waals surface area contributed by atoms with Crippen LogP contribution in [-0.2, 0) is 11.2 Å². The molecule has 0 saturated carbocycles. The second kappa shape index (κ2) is 6.29. The summed E-state index contributed by atoms with van der Waals surface area (Å²) >= 11 is 1.50. The lowest BCUT2D eigenvalue weighted by Gasteiger charge is -2.09. The summed E-state index contributed by atoms with van der Waals surface area (Å²) in [6.45, 7) is 0. The van der Waals surface area contributed by atoms with Crippen molar-refractivity contribution in [2.24, 2.45) is 0 Å². The summed E-state index contributed by atoms with van der Waals surface area (Å²) in [6.07, 6.45) is -0.225. The van der Waals surface area contributed by atoms with E-state index in [1.807, 2.05) is 6.07 Å². The van der Waals surface area contributed by atoms with E-state index < -0.39 is 23.3 Å². The highest BCUT2D eigenvalue weighted by Crippen LogP contribution is 2.25. The zero-order valence-electron chi connectivity index (χ0n) is 12.1. The van der Waals surface area contributed by atoms with Gasteiger partial charge in [0.25, 0.3) is 0 Å². The lowest BCUT2D eigenvalue weighted by atomic mass is 10.1. The Morgan fingerprint density at radius 3 is 2.91 bits per heavy atom. The van der Waals surface area contributed by atoms with Crippen LogP contribution in [0.4, 0.5) is 14.5 Å². The lowest BCUT2D eigenvalue weighted by molar-refractivity contribution is -0.115. The molecule has 0 unspecified atom stereocenters. The maximum Gasteiger partial charge on any atom is 0.228 e. The number of aromatic nitrogens is 1. The zero-order valence-corrected chi connectivity index (χ0v) is 12.9. The highest BCUT2D eigenvalue weighted by molar-refractivity contribution is 7.16. The van der Waals surface area contributed by atoms with Crippen molar-refractivity contribution < 1.29 is 18.3 Å². The number of carbonyl (C=O) groups is 1. The molecule has 3 rings (SSSR count). The van der Waals surface area contributed by atoms with E-state index in [4.69, 9.17) is 0 Å². The number of halogens is 2. The average Bonchev–Trinajstić information content (AvgIpc) is 2.98. The van der Waals surface area contributed by atoms with Crippen molar-refractivity contribution in [1.29, 1.82) is 0 Å². The molecule has 0 saturated heterocycles. The van der Waals surface area contributed by atoms with E-state index in [1.165, 1.54) is 24.5 Å². The van der Waals surface area contributed by atoms with E-state index in [-0.39, 0.29) is 12.0 Å². The number of nitrogens with one attached hydrogen (secondary N) is 1. The molecule has 1 amide bonds. The minimum Gasteiger partial charge on any atom is -0.491 e. The molecule has 0 atom stereocenters. The molecule has 0 aliphatic carbocycles. The highest BCUT2D eigenvalue weighted by atomic mass is 32.1. The number of benzene rings is 2. The first-order valence-electron chi connectivity index (χ1n) is 6.72. The molecule has 0 fully saturated rings. The summed E-state index contributed by atoms with van der Waals surface area (Å²) in [5.74, 6) is -2.56. The fourth-order valence-electron chi connectivity index (χ4n) is 2.21. The Morgan fingerprint density at radius 1 is 1.30 bits per heavy atom. The van der Waals surface area contributed by atoms with Crippen molar-refractivity contribution in [2.75, 3.05) is 12.4 Å². The van der Waals surface area contributed by atoms with Crippen LogP contribution in [0.5, 0.6) is 5.75 Å². The topological polar surface area (TPSA) is 51.2 Å². The SMILES string of the molecule is COc1c(F)ccc(CC(=O)Nc2ccc3scnc3c2)c1F. The van der Waals surface area contributed by atoms with Crippen molar-refractivity contribution >= 4 is 33.1 Å². The maximum atomic E-state index is 14.0. The van der Waals surface area contributed by atoms with Crippen LogP contribution in [0.25, 0.3) is 10.2 Å². The first kappa shape index (κ1) is 15.4. The summed E-state index contributed by atoms with van der Waals surface area (Å²) in [6, 6.07) is 7.65. The molecule has 0 bridgehead atoms. The van der Waals surface area contributed by atoms with Gasteiger partial charge in [0.05, 0.1) is 29.3 Å². The number of anilines is 1. The molecule has 118 valence electrons. The van der Waals surface area contributed by atoms with Gasteiger partial charge < -0.3 is 10.1 Å². The smallest absolute Gasteiger partial charge is 0.228 e. The molecule has 23 heavy (non-hydrogen) atoms. The number of hydrogen-bond donors (Lipinski definition) is 1. The predicted octanol–water partition coefficient (Wildman–Crippen LogP) is 3.76. The van der Waals surface area contributed by atoms with Gasteiger partial charge in [-0.3, -0.25) is 4.79 Å². The number of ether oxygens (including phenoxy) is 1. The Bertz CT molecular complexity index is 880. The van der Waals surface area contributed by atoms with Crippen LogP contribution in [0.1, 0.15) is 5.56 Å². The minimum absolute atomic E-state index is 0.0653. The summed E-state index contributed by atoms with van der Waals surface area (Å²) in [7, 11) is 1.18. The van der Waals surface area contributed by atoms with Crippen LogP contribution < -0.4 is 10.1 Å². The Hall–Kier alpha value is -2.54. The van der Waals surface area contributed by atoms with Gasteiger partial charge in [-0.15, -0.1) is 11.3 Å². The van der Waals surface area contributed by atoms with E-state index in [0.29, 0.717) is 5.69 Å². The first-order chi connectivity index (χ1) is 11.1. The maximum absolute atomic E-state index is 14.0. The Balaban J connectivity index is 1.76. The molecule has 4 nitrogen and oxygen atoms in total. The van der Waals surface area contributed by atoms with Gasteiger partial charge in [-0.1, -0.05) is 6.07 Å². The largest absolute Gasteiger partial charge is 0.491 e. The van der Waals surface area contributed by atoms with E-state index in [1.54, 1.807) is 17.6 Å². The van der Waals surface area contributed by atoms with Crippen LogP contribution in [-0.4, -0.2) is 18.0 Å². The van der Waals surface area contributed by atoms with Crippen LogP contribution in [0.3, 0.4) is 0 Å². The second-order valence-electron chi connectivity index (χ2n) is 4.81. The molecule has 0 radical (unpaired) electrons. The number of nitrogens with zero attached hydrogens (tertiary/aromatic N) is 1. The number of fused-ring (bicyclic) bond motifs is 1. The first-order valence-corrected chi connectivity index (χ1v) is 7.60. The highest BCUT2D eigenvalue weighted by Gasteiger charge is 2.16. The summed E-state index contributed by atoms with van der Waals surface area (Å²) in [5, 5.41) is 2.68. The third kappa shape index (κ3) is 3.14. The number of carbonyl (C=O) groups excluding carboxylic acids is 1. The van der Waals surface area contributed by atoms with E-state index >= 15 is 0 Å². The molecule has 0 aliphatic rings. The number of rotatable bonds is 4. The Labute approximate surface area is 134 Å². The fraction of sp³-hybridized carbons (Fsp3) is 0.125. The quantitative estimate of drug-likeness (QED) is 0.790. The van der Waals surface area contributed by atoms with Gasteiger partial charge >= 0.3 is 0 Å². The average molecular weight is 334 g/mol. The third-order valence-electron chi connectivity index (χ3n) is 3.30. The van der Waals surface area contributed by atoms with Gasteiger partial charge in [-0.05, 0) is 24.3 Å². The molecular weight excluding hydrogens is 322 g/mol. The standard InChI is InChI=1S/C16H12F2N2O2S/c1-22-16-11(17)4-2-9(15(16)18)6-14(21)20-10-3-5-13-12(7-10)19-8-23-13/h2-5,7-8H,6H2,1H3,(H,20,21). The van der Waals surface area contributed by atoms with Gasteiger partial charge in [-0.25, -0.2) is 13.8 Å². The van der Waals surface area contributed by atoms with Crippen molar-refractivity contribution in [2.45, 2.75) is 6.42 Å². The molecule has 0 spiro atoms. The molecule has 1 N–H and O–H groups in total. The normalized spacial score (nSPS) is 10.7. The Kier molecular flexibility index (Phi) is 4.20. The third-order valence-corrected chi connectivity index (χ3v) is 4.11. The van der Waals surface area contributed by atoms with Crippen LogP contribution >= 0.6 is 11.3 Å². The van der Waals surface area contributed by atoms with E-state index in [2.05, 4.69) is 15.0 Å². The van der Waals surface area contributed by atoms with Crippen molar-refractivity contribution in [3.8, 4) is 5.75 Å². The van der Waals surface area contributed by atoms with Crippen LogP contribution in [0.2, 0.25) is 0 Å². The zero-order chi connectivity index (χ0) is 16.4. The van der Waals surface area contributed by atoms with Crippen molar-refractivity contribution in [1.82, 2.24) is 4.98 Å². The fourth-order valence-corrected chi connectivity index (χ4v) is 2.87. The molecular formula is C16H12F2N2O2S. The summed E-state index contributed by atoms with van der Waals surface area (Å²) in [4.78, 5) is 16.2. The monoisotopic (exact) mass is 334 g/mol. The predicted molar refractivity (Wildman–Crippen MR) is 84.9 cm³/mol. The van der Waals surface area contributed by atoms with Crippen LogP contribution in [0.15, 0.2) is 35.8 Å². The molecule has 2 aromatic carbocycles. The molecule has 1 heterocycles. The van der Waals surface area contributed by atoms with Crippen molar-refractivity contribution in [3.05, 3.63) is 53.0 Å². The van der Waals surface area contributed by atoms with E-state index in [0.717, 1.165) is 16.3 Å². The molecule has 3 aromatic rings. The molecule has 0 aliphatic heterocycles. The lowest BCUT2D eigenvalue weighted by Crippen LogP contribution is -2.15. The second-order valence-corrected chi connectivity index (χ2v) is 5.70. The van der Waals surface area contributed by atoms with E-state index in [9.17, 15) is 13.6 Å². The summed E-state index contributed by atoms with van der Waals surface area (Å²) < 4.78 is 33.1. The minimum atomic E-state index is -0.863. The summed E-state index contributed by atoms with van der Waals surface area (Å²) in [5.41, 5.74) is 3.14. The van der Waals surface area contributed by atoms with Crippen molar-refractivity contribution in [3.63, 3.8) is 0 Å². The number of thiazole rings is 1. The van der Waals surface area contributed by atoms with Crippen LogP contribution in [0, 0.1) is 11.6 Å². The van der Waals surface area contributed by atoms with Gasteiger partial charge in [0.2, 0.25) is 5.91 Å². The number of methoxy groups -OCH3 is 1. The number of amides is 1. The van der Waals surface area contributed by atoms with Gasteiger partial charge in [0, 0.05) is 11.3 Å². The van der Waals surface area contributed by atoms with Gasteiger partial charge in [0.1, 0.15) is 0 Å². The molecule has 1 aromatic heterocycles.